The van der Waals surface area contributed by atoms with Crippen molar-refractivity contribution >= 4 is 41.8 Å². The van der Waals surface area contributed by atoms with Gasteiger partial charge in [0.25, 0.3) is 0 Å². The second-order valence-electron chi connectivity index (χ2n) is 2.98. The summed E-state index contributed by atoms with van der Waals surface area (Å²) in [5, 5.41) is 0. The summed E-state index contributed by atoms with van der Waals surface area (Å²) in [6.45, 7) is 1.63. The Morgan fingerprint density at radius 2 is 2.06 bits per heavy atom. The molecule has 5 nitrogen and oxygen atoms in total. The number of phosphoric acid groups is 1. The first-order valence-electron chi connectivity index (χ1n) is 4.48. The number of rotatable bonds is 8. The average Bonchev–Trinajstić information content (AvgIpc) is 2.17. The predicted molar refractivity (Wildman–Crippen MR) is 65.4 cm³/mol. The molecule has 0 amide bonds. The molecule has 2 atom stereocenters. The molecule has 0 fully saturated rings. The average molecular weight is 313 g/mol. The van der Waals surface area contributed by atoms with Crippen LogP contribution in [0.3, 0.4) is 0 Å². The molecule has 0 spiro atoms. The molecule has 0 saturated carbocycles. The van der Waals surface area contributed by atoms with Crippen LogP contribution in [0.5, 0.6) is 0 Å². The van der Waals surface area contributed by atoms with Gasteiger partial charge in [0.05, 0.1) is 12.4 Å². The van der Waals surface area contributed by atoms with Gasteiger partial charge in [0.2, 0.25) is 0 Å². The third kappa shape index (κ3) is 8.01. The fourth-order valence-electron chi connectivity index (χ4n) is 0.708. The van der Waals surface area contributed by atoms with E-state index in [-0.39, 0.29) is 18.1 Å². The molecule has 0 aliphatic carbocycles. The topological polar surface area (TPSA) is 72.8 Å². The van der Waals surface area contributed by atoms with Gasteiger partial charge in [0.15, 0.2) is 0 Å². The number of halogens is 2. The van der Waals surface area contributed by atoms with E-state index in [1.54, 1.807) is 6.92 Å². The van der Waals surface area contributed by atoms with Crippen LogP contribution in [0, 0.1) is 0 Å². The standard InChI is InChI=1S/C7H15Cl2O5PS/c1-3-7(8,9)6-16(12)5-4-14-15(10,11)13-2/h3-6H2,1-2H3,(H,10,11). The Morgan fingerprint density at radius 3 is 2.50 bits per heavy atom. The summed E-state index contributed by atoms with van der Waals surface area (Å²) in [6, 6.07) is 0. The third-order valence-corrected chi connectivity index (χ3v) is 5.21. The number of phosphoric ester groups is 1. The first-order chi connectivity index (χ1) is 7.22. The van der Waals surface area contributed by atoms with Gasteiger partial charge in [-0.1, -0.05) is 6.92 Å². The normalized spacial score (nSPS) is 18.1. The third-order valence-electron chi connectivity index (χ3n) is 1.69. The summed E-state index contributed by atoms with van der Waals surface area (Å²) >= 11 is 11.6. The molecular formula is C7H15Cl2O5PS. The zero-order valence-corrected chi connectivity index (χ0v) is 12.2. The highest BCUT2D eigenvalue weighted by molar-refractivity contribution is 7.85. The molecule has 16 heavy (non-hydrogen) atoms. The minimum absolute atomic E-state index is 0.0785. The van der Waals surface area contributed by atoms with Gasteiger partial charge in [-0.15, -0.1) is 23.2 Å². The highest BCUT2D eigenvalue weighted by Gasteiger charge is 2.25. The lowest BCUT2D eigenvalue weighted by molar-refractivity contribution is 0.182. The Bertz CT molecular complexity index is 286. The first kappa shape index (κ1) is 16.8. The predicted octanol–water partition coefficient (Wildman–Crippen LogP) is 2.08. The highest BCUT2D eigenvalue weighted by Crippen LogP contribution is 2.41. The van der Waals surface area contributed by atoms with Crippen LogP contribution in [-0.4, -0.2) is 38.7 Å². The zero-order chi connectivity index (χ0) is 12.8. The second-order valence-corrected chi connectivity index (χ2v) is 7.76. The summed E-state index contributed by atoms with van der Waals surface area (Å²) in [4.78, 5) is 8.87. The van der Waals surface area contributed by atoms with Gasteiger partial charge in [0, 0.05) is 23.7 Å². The summed E-state index contributed by atoms with van der Waals surface area (Å²) < 4.78 is 30.0. The second kappa shape index (κ2) is 7.31. The molecule has 0 bridgehead atoms. The molecule has 9 heteroatoms. The Kier molecular flexibility index (Phi) is 7.70. The van der Waals surface area contributed by atoms with E-state index in [0.717, 1.165) is 7.11 Å². The van der Waals surface area contributed by atoms with Crippen molar-refractivity contribution in [3.63, 3.8) is 0 Å². The molecule has 0 rings (SSSR count). The number of alkyl halides is 2. The zero-order valence-electron chi connectivity index (χ0n) is 9.02. The van der Waals surface area contributed by atoms with Crippen molar-refractivity contribution in [1.29, 1.82) is 0 Å². The van der Waals surface area contributed by atoms with Crippen molar-refractivity contribution in [1.82, 2.24) is 0 Å². The molecule has 2 unspecified atom stereocenters. The van der Waals surface area contributed by atoms with Crippen LogP contribution < -0.4 is 0 Å². The Morgan fingerprint density at radius 1 is 1.50 bits per heavy atom. The smallest absolute Gasteiger partial charge is 0.303 e. The van der Waals surface area contributed by atoms with Gasteiger partial charge >= 0.3 is 7.82 Å². The number of hydrogen-bond acceptors (Lipinski definition) is 4. The number of hydrogen-bond donors (Lipinski definition) is 1. The highest BCUT2D eigenvalue weighted by atomic mass is 35.5. The van der Waals surface area contributed by atoms with E-state index in [0.29, 0.717) is 6.42 Å². The van der Waals surface area contributed by atoms with Crippen LogP contribution in [-0.2, 0) is 24.4 Å². The van der Waals surface area contributed by atoms with Crippen molar-refractivity contribution in [2.45, 2.75) is 17.7 Å². The Hall–Kier alpha value is 0.840. The minimum Gasteiger partial charge on any atom is -0.303 e. The Balaban J connectivity index is 3.88. The van der Waals surface area contributed by atoms with E-state index in [9.17, 15) is 8.77 Å². The van der Waals surface area contributed by atoms with Crippen LogP contribution in [0.1, 0.15) is 13.3 Å². The van der Waals surface area contributed by atoms with Gasteiger partial charge in [-0.2, -0.15) is 0 Å². The molecule has 0 radical (unpaired) electrons. The summed E-state index contributed by atoms with van der Waals surface area (Å²) in [6.07, 6.45) is 0.472. The summed E-state index contributed by atoms with van der Waals surface area (Å²) in [7, 11) is -4.24. The fourth-order valence-corrected chi connectivity index (χ4v) is 3.08. The molecular weight excluding hydrogens is 298 g/mol. The molecule has 0 heterocycles. The maximum atomic E-state index is 11.4. The van der Waals surface area contributed by atoms with Crippen molar-refractivity contribution < 1.29 is 22.7 Å². The van der Waals surface area contributed by atoms with Crippen LogP contribution in [0.15, 0.2) is 0 Å². The van der Waals surface area contributed by atoms with Gasteiger partial charge in [-0.3, -0.25) is 13.3 Å². The SMILES string of the molecule is CCC(Cl)(Cl)CS(=O)CCOP(=O)(O)OC. The van der Waals surface area contributed by atoms with Crippen LogP contribution >= 0.6 is 31.0 Å². The quantitative estimate of drug-likeness (QED) is 0.549. The molecule has 0 aromatic carbocycles. The van der Waals surface area contributed by atoms with E-state index >= 15 is 0 Å². The van der Waals surface area contributed by atoms with Gasteiger partial charge in [0.1, 0.15) is 4.33 Å². The molecule has 0 aromatic heterocycles. The van der Waals surface area contributed by atoms with Crippen LogP contribution in [0.2, 0.25) is 0 Å². The summed E-state index contributed by atoms with van der Waals surface area (Å²) in [5.74, 6) is 0.174. The molecule has 0 aliphatic heterocycles. The van der Waals surface area contributed by atoms with Crippen LogP contribution in [0.25, 0.3) is 0 Å². The lowest BCUT2D eigenvalue weighted by atomic mass is 10.4. The largest absolute Gasteiger partial charge is 0.471 e. The molecule has 0 saturated heterocycles. The van der Waals surface area contributed by atoms with Gasteiger partial charge < -0.3 is 4.89 Å². The first-order valence-corrected chi connectivity index (χ1v) is 8.22. The minimum atomic E-state index is -3.99. The maximum absolute atomic E-state index is 11.4. The maximum Gasteiger partial charge on any atom is 0.471 e. The Labute approximate surface area is 107 Å². The van der Waals surface area contributed by atoms with E-state index < -0.39 is 23.0 Å². The lowest BCUT2D eigenvalue weighted by Gasteiger charge is -2.16. The van der Waals surface area contributed by atoms with Crippen molar-refractivity contribution in [3.05, 3.63) is 0 Å². The van der Waals surface area contributed by atoms with E-state index in [4.69, 9.17) is 28.1 Å². The van der Waals surface area contributed by atoms with E-state index in [2.05, 4.69) is 9.05 Å². The molecule has 1 N–H and O–H groups in total. The van der Waals surface area contributed by atoms with Crippen molar-refractivity contribution in [2.24, 2.45) is 0 Å². The van der Waals surface area contributed by atoms with Crippen molar-refractivity contribution in [2.75, 3.05) is 25.2 Å². The monoisotopic (exact) mass is 312 g/mol. The molecule has 98 valence electrons. The van der Waals surface area contributed by atoms with Crippen molar-refractivity contribution in [3.8, 4) is 0 Å². The van der Waals surface area contributed by atoms with E-state index in [1.807, 2.05) is 0 Å². The van der Waals surface area contributed by atoms with E-state index in [1.165, 1.54) is 0 Å². The summed E-state index contributed by atoms with van der Waals surface area (Å²) in [5.41, 5.74) is 0. The lowest BCUT2D eigenvalue weighted by Crippen LogP contribution is -2.23. The van der Waals surface area contributed by atoms with Gasteiger partial charge in [-0.05, 0) is 6.42 Å². The van der Waals surface area contributed by atoms with Crippen LogP contribution in [0.4, 0.5) is 0 Å². The van der Waals surface area contributed by atoms with Gasteiger partial charge in [-0.25, -0.2) is 4.57 Å². The molecule has 0 aromatic rings. The molecule has 0 aliphatic rings. The fraction of sp³-hybridized carbons (Fsp3) is 1.00.